The zero-order chi connectivity index (χ0) is 28.5. The van der Waals surface area contributed by atoms with Crippen molar-refractivity contribution >= 4 is 10.4 Å². The molecule has 0 aliphatic heterocycles. The van der Waals surface area contributed by atoms with Gasteiger partial charge in [0.1, 0.15) is 0 Å². The summed E-state index contributed by atoms with van der Waals surface area (Å²) in [6.07, 6.45) is 40.0. The first kappa shape index (κ1) is 38.6. The zero-order valence-electron chi connectivity index (χ0n) is 26.4. The minimum atomic E-state index is -3.83. The molecule has 0 radical (unpaired) electrons. The van der Waals surface area contributed by atoms with Crippen molar-refractivity contribution in [3.8, 4) is 0 Å². The Morgan fingerprint density at radius 1 is 0.385 bits per heavy atom. The second kappa shape index (κ2) is 32.1. The Labute approximate surface area is 245 Å². The summed E-state index contributed by atoms with van der Waals surface area (Å²) < 4.78 is 33.8. The molecule has 5 heteroatoms. The van der Waals surface area contributed by atoms with E-state index in [1.807, 2.05) is 0 Å². The summed E-state index contributed by atoms with van der Waals surface area (Å²) in [7, 11) is -3.83. The molecule has 0 aliphatic rings. The standard InChI is InChI=1S/C34H68O4S/c1-3-5-7-9-11-13-15-17-19-20-22-24-26-28-30-32-34-38-39(35,36)37-33-31-29-27-25-23-21-18-16-14-12-10-8-6-4-2/h17,19H,3-16,18,20-34H2,1-2H3. The zero-order valence-corrected chi connectivity index (χ0v) is 27.2. The van der Waals surface area contributed by atoms with Gasteiger partial charge in [-0.05, 0) is 38.5 Å². The first-order valence-corrected chi connectivity index (χ1v) is 18.6. The van der Waals surface area contributed by atoms with Crippen molar-refractivity contribution in [1.82, 2.24) is 0 Å². The lowest BCUT2D eigenvalue weighted by Gasteiger charge is -2.06. The van der Waals surface area contributed by atoms with Gasteiger partial charge in [-0.1, -0.05) is 167 Å². The first-order valence-electron chi connectivity index (χ1n) is 17.3. The van der Waals surface area contributed by atoms with Crippen LogP contribution in [-0.4, -0.2) is 21.6 Å². The molecule has 0 aromatic heterocycles. The van der Waals surface area contributed by atoms with Gasteiger partial charge in [0.2, 0.25) is 0 Å². The lowest BCUT2D eigenvalue weighted by molar-refractivity contribution is 0.208. The van der Waals surface area contributed by atoms with Gasteiger partial charge in [-0.25, -0.2) is 8.37 Å². The number of allylic oxidation sites excluding steroid dienone is 2. The van der Waals surface area contributed by atoms with Crippen LogP contribution in [0.1, 0.15) is 194 Å². The molecule has 234 valence electrons. The molecule has 0 N–H and O–H groups in total. The molecule has 0 saturated carbocycles. The van der Waals surface area contributed by atoms with Crippen molar-refractivity contribution < 1.29 is 16.8 Å². The number of unbranched alkanes of at least 4 members (excludes halogenated alkanes) is 25. The Kier molecular flexibility index (Phi) is 31.8. The summed E-state index contributed by atoms with van der Waals surface area (Å²) in [4.78, 5) is 0. The Bertz CT molecular complexity index is 588. The smallest absolute Gasteiger partial charge is 0.248 e. The van der Waals surface area contributed by atoms with Gasteiger partial charge in [-0.3, -0.25) is 0 Å². The molecular formula is C34H68O4S. The summed E-state index contributed by atoms with van der Waals surface area (Å²) in [5, 5.41) is 0. The minimum absolute atomic E-state index is 0.238. The molecule has 39 heavy (non-hydrogen) atoms. The highest BCUT2D eigenvalue weighted by Crippen LogP contribution is 2.14. The second-order valence-electron chi connectivity index (χ2n) is 11.6. The summed E-state index contributed by atoms with van der Waals surface area (Å²) >= 11 is 0. The molecule has 0 spiro atoms. The van der Waals surface area contributed by atoms with Crippen molar-refractivity contribution in [2.24, 2.45) is 0 Å². The van der Waals surface area contributed by atoms with Crippen LogP contribution in [0.2, 0.25) is 0 Å². The maximum absolute atomic E-state index is 11.9. The molecule has 0 heterocycles. The maximum Gasteiger partial charge on any atom is 0.399 e. The lowest BCUT2D eigenvalue weighted by Crippen LogP contribution is -2.12. The van der Waals surface area contributed by atoms with Crippen molar-refractivity contribution in [3.05, 3.63) is 12.2 Å². The SMILES string of the molecule is CCCCCCCCC=CCCCCCCCCOS(=O)(=O)OCCCCCCCCCCCCCCCC. The third-order valence-electron chi connectivity index (χ3n) is 7.61. The number of rotatable bonds is 33. The van der Waals surface area contributed by atoms with E-state index in [1.54, 1.807) is 0 Å². The van der Waals surface area contributed by atoms with Gasteiger partial charge >= 0.3 is 10.4 Å². The van der Waals surface area contributed by atoms with Crippen LogP contribution in [0.5, 0.6) is 0 Å². The van der Waals surface area contributed by atoms with E-state index in [4.69, 9.17) is 8.37 Å². The van der Waals surface area contributed by atoms with E-state index >= 15 is 0 Å². The van der Waals surface area contributed by atoms with Gasteiger partial charge < -0.3 is 0 Å². The van der Waals surface area contributed by atoms with Gasteiger partial charge in [0.25, 0.3) is 0 Å². The quantitative estimate of drug-likeness (QED) is 0.0579. The maximum atomic E-state index is 11.9. The van der Waals surface area contributed by atoms with E-state index < -0.39 is 10.4 Å². The van der Waals surface area contributed by atoms with Crippen LogP contribution in [0.25, 0.3) is 0 Å². The highest BCUT2D eigenvalue weighted by Gasteiger charge is 2.11. The molecule has 0 saturated heterocycles. The fourth-order valence-corrected chi connectivity index (χ4v) is 5.71. The third kappa shape index (κ3) is 33.7. The van der Waals surface area contributed by atoms with Crippen molar-refractivity contribution in [3.63, 3.8) is 0 Å². The van der Waals surface area contributed by atoms with E-state index in [0.29, 0.717) is 0 Å². The Hall–Kier alpha value is -0.390. The van der Waals surface area contributed by atoms with E-state index in [1.165, 1.54) is 141 Å². The van der Waals surface area contributed by atoms with Gasteiger partial charge in [0.15, 0.2) is 0 Å². The largest absolute Gasteiger partial charge is 0.399 e. The van der Waals surface area contributed by atoms with Crippen LogP contribution in [0.15, 0.2) is 12.2 Å². The van der Waals surface area contributed by atoms with Crippen LogP contribution < -0.4 is 0 Å². The summed E-state index contributed by atoms with van der Waals surface area (Å²) in [6.45, 7) is 5.02. The molecule has 0 aliphatic carbocycles. The van der Waals surface area contributed by atoms with E-state index in [-0.39, 0.29) is 13.2 Å². The first-order chi connectivity index (χ1) is 19.1. The molecule has 0 atom stereocenters. The normalized spacial score (nSPS) is 12.2. The third-order valence-corrected chi connectivity index (χ3v) is 8.52. The van der Waals surface area contributed by atoms with Crippen molar-refractivity contribution in [2.75, 3.05) is 13.2 Å². The van der Waals surface area contributed by atoms with Gasteiger partial charge in [-0.15, -0.1) is 0 Å². The number of hydrogen-bond donors (Lipinski definition) is 0. The summed E-state index contributed by atoms with van der Waals surface area (Å²) in [6, 6.07) is 0. The highest BCUT2D eigenvalue weighted by molar-refractivity contribution is 7.81. The van der Waals surface area contributed by atoms with Crippen LogP contribution in [0, 0.1) is 0 Å². The summed E-state index contributed by atoms with van der Waals surface area (Å²) in [5.41, 5.74) is 0. The Balaban J connectivity index is 3.32. The van der Waals surface area contributed by atoms with E-state index in [2.05, 4.69) is 26.0 Å². The molecule has 4 nitrogen and oxygen atoms in total. The van der Waals surface area contributed by atoms with Crippen molar-refractivity contribution in [2.45, 2.75) is 194 Å². The Morgan fingerprint density at radius 3 is 0.949 bits per heavy atom. The highest BCUT2D eigenvalue weighted by atomic mass is 32.3. The van der Waals surface area contributed by atoms with Crippen LogP contribution in [-0.2, 0) is 18.8 Å². The molecule has 0 rings (SSSR count). The second-order valence-corrected chi connectivity index (χ2v) is 12.9. The molecule has 0 bridgehead atoms. The van der Waals surface area contributed by atoms with Gasteiger partial charge in [-0.2, -0.15) is 8.42 Å². The molecule has 0 fully saturated rings. The monoisotopic (exact) mass is 572 g/mol. The fraction of sp³-hybridized carbons (Fsp3) is 0.941. The minimum Gasteiger partial charge on any atom is -0.248 e. The average molecular weight is 573 g/mol. The predicted octanol–water partition coefficient (Wildman–Crippen LogP) is 11.8. The van der Waals surface area contributed by atoms with Crippen LogP contribution in [0.4, 0.5) is 0 Å². The van der Waals surface area contributed by atoms with E-state index in [0.717, 1.165) is 38.5 Å². The average Bonchev–Trinajstić information content (AvgIpc) is 2.92. The van der Waals surface area contributed by atoms with Crippen molar-refractivity contribution in [1.29, 1.82) is 0 Å². The molecule has 0 aromatic rings. The molecule has 0 aromatic carbocycles. The van der Waals surface area contributed by atoms with Crippen LogP contribution in [0.3, 0.4) is 0 Å². The van der Waals surface area contributed by atoms with Crippen LogP contribution >= 0.6 is 0 Å². The van der Waals surface area contributed by atoms with Gasteiger partial charge in [0, 0.05) is 0 Å². The fourth-order valence-electron chi connectivity index (χ4n) is 5.00. The molecule has 0 amide bonds. The van der Waals surface area contributed by atoms with Gasteiger partial charge in [0.05, 0.1) is 13.2 Å². The lowest BCUT2D eigenvalue weighted by atomic mass is 10.0. The number of hydrogen-bond acceptors (Lipinski definition) is 4. The Morgan fingerprint density at radius 2 is 0.641 bits per heavy atom. The molecule has 0 unspecified atom stereocenters. The topological polar surface area (TPSA) is 52.6 Å². The summed E-state index contributed by atoms with van der Waals surface area (Å²) in [5.74, 6) is 0. The predicted molar refractivity (Wildman–Crippen MR) is 171 cm³/mol. The molecular weight excluding hydrogens is 504 g/mol. The van der Waals surface area contributed by atoms with E-state index in [9.17, 15) is 8.42 Å².